The molecule has 1 aliphatic heterocycles. The number of amides is 1. The summed E-state index contributed by atoms with van der Waals surface area (Å²) in [6, 6.07) is 8.77. The zero-order valence-electron chi connectivity index (χ0n) is 13.2. The number of nitrogens with zero attached hydrogens (tertiary/aromatic N) is 1. The van der Waals surface area contributed by atoms with Gasteiger partial charge in [-0.1, -0.05) is 12.1 Å². The van der Waals surface area contributed by atoms with Crippen LogP contribution in [0.25, 0.3) is 11.1 Å². The lowest BCUT2D eigenvalue weighted by Gasteiger charge is -2.14. The highest BCUT2D eigenvalue weighted by molar-refractivity contribution is 5.90. The number of carbonyl (C=O) groups excluding carboxylic acids is 1. The summed E-state index contributed by atoms with van der Waals surface area (Å²) in [5.74, 6) is -1.07. The smallest absolute Gasteiger partial charge is 0.441 e. The summed E-state index contributed by atoms with van der Waals surface area (Å²) >= 11 is 0. The summed E-state index contributed by atoms with van der Waals surface area (Å²) in [6.07, 6.45) is -6.16. The Morgan fingerprint density at radius 3 is 2.42 bits per heavy atom. The van der Waals surface area contributed by atoms with Gasteiger partial charge in [0.1, 0.15) is 17.7 Å². The third kappa shape index (κ3) is 3.88. The van der Waals surface area contributed by atoms with E-state index in [0.29, 0.717) is 5.56 Å². The van der Waals surface area contributed by atoms with Crippen LogP contribution in [-0.4, -0.2) is 36.8 Å². The first kappa shape index (κ1) is 18.0. The number of hydrogen-bond acceptors (Lipinski definition) is 4. The first-order chi connectivity index (χ1) is 12.3. The van der Waals surface area contributed by atoms with Crippen LogP contribution >= 0.6 is 0 Å². The topological polar surface area (TPSA) is 59.0 Å². The molecule has 2 aromatic rings. The molecule has 26 heavy (non-hydrogen) atoms. The van der Waals surface area contributed by atoms with Crippen molar-refractivity contribution in [2.45, 2.75) is 12.5 Å². The van der Waals surface area contributed by atoms with Gasteiger partial charge < -0.3 is 14.6 Å². The van der Waals surface area contributed by atoms with Crippen LogP contribution in [0.1, 0.15) is 0 Å². The summed E-state index contributed by atoms with van der Waals surface area (Å²) in [4.78, 5) is 12.9. The molecule has 0 spiro atoms. The van der Waals surface area contributed by atoms with Crippen molar-refractivity contribution in [1.82, 2.24) is 0 Å². The fraction of sp³-hybridized carbons (Fsp3) is 0.235. The van der Waals surface area contributed by atoms with Crippen molar-refractivity contribution in [3.63, 3.8) is 0 Å². The third-order valence-corrected chi connectivity index (χ3v) is 3.74. The van der Waals surface area contributed by atoms with Crippen LogP contribution in [0.2, 0.25) is 0 Å². The van der Waals surface area contributed by atoms with Gasteiger partial charge in [-0.2, -0.15) is 0 Å². The molecule has 1 N–H and O–H groups in total. The minimum absolute atomic E-state index is 0.0948. The quantitative estimate of drug-likeness (QED) is 0.833. The molecule has 9 heteroatoms. The maximum absolute atomic E-state index is 14.4. The van der Waals surface area contributed by atoms with E-state index in [1.807, 2.05) is 0 Å². The van der Waals surface area contributed by atoms with Crippen LogP contribution in [0.5, 0.6) is 5.75 Å². The SMILES string of the molecule is O=C1O[C@@H](CO)CN1c1ccc(-c2ccc(OC(F)(F)F)cc2)c(F)c1. The van der Waals surface area contributed by atoms with Gasteiger partial charge in [0.15, 0.2) is 0 Å². The monoisotopic (exact) mass is 371 g/mol. The summed E-state index contributed by atoms with van der Waals surface area (Å²) < 4.78 is 59.6. The van der Waals surface area contributed by atoms with E-state index in [4.69, 9.17) is 9.84 Å². The largest absolute Gasteiger partial charge is 0.573 e. The van der Waals surface area contributed by atoms with E-state index in [-0.39, 0.29) is 24.4 Å². The standard InChI is InChI=1S/C17H13F4NO4/c18-15-7-11(22-8-13(9-23)25-16(22)24)3-6-14(15)10-1-4-12(5-2-10)26-17(19,20)21/h1-7,13,23H,8-9H2/t13-/m1/s1. The zero-order chi connectivity index (χ0) is 18.9. The lowest BCUT2D eigenvalue weighted by Crippen LogP contribution is -2.25. The van der Waals surface area contributed by atoms with Crippen LogP contribution in [0.3, 0.4) is 0 Å². The molecule has 3 rings (SSSR count). The number of ether oxygens (including phenoxy) is 2. The molecule has 138 valence electrons. The Morgan fingerprint density at radius 1 is 1.19 bits per heavy atom. The highest BCUT2D eigenvalue weighted by atomic mass is 19.4. The fourth-order valence-corrected chi connectivity index (χ4v) is 2.57. The molecule has 1 aliphatic rings. The van der Waals surface area contributed by atoms with E-state index >= 15 is 0 Å². The molecule has 0 unspecified atom stereocenters. The second-order valence-electron chi connectivity index (χ2n) is 5.54. The second-order valence-corrected chi connectivity index (χ2v) is 5.54. The second kappa shape index (κ2) is 6.83. The van der Waals surface area contributed by atoms with Gasteiger partial charge in [0, 0.05) is 5.56 Å². The number of anilines is 1. The van der Waals surface area contributed by atoms with Gasteiger partial charge in [-0.3, -0.25) is 4.90 Å². The van der Waals surface area contributed by atoms with Gasteiger partial charge in [-0.05, 0) is 35.9 Å². The molecular formula is C17H13F4NO4. The number of aliphatic hydroxyl groups is 1. The van der Waals surface area contributed by atoms with Crippen LogP contribution in [0.4, 0.5) is 28.0 Å². The van der Waals surface area contributed by atoms with Gasteiger partial charge in [0.05, 0.1) is 18.8 Å². The fourth-order valence-electron chi connectivity index (χ4n) is 2.57. The molecule has 0 radical (unpaired) electrons. The maximum atomic E-state index is 14.4. The minimum atomic E-state index is -4.80. The van der Waals surface area contributed by atoms with Crippen molar-refractivity contribution in [1.29, 1.82) is 0 Å². The van der Waals surface area contributed by atoms with Crippen LogP contribution in [0.15, 0.2) is 42.5 Å². The van der Waals surface area contributed by atoms with E-state index in [2.05, 4.69) is 4.74 Å². The van der Waals surface area contributed by atoms with Crippen molar-refractivity contribution in [2.75, 3.05) is 18.1 Å². The van der Waals surface area contributed by atoms with Crippen molar-refractivity contribution in [3.05, 3.63) is 48.3 Å². The molecule has 0 aromatic heterocycles. The first-order valence-electron chi connectivity index (χ1n) is 7.51. The predicted molar refractivity (Wildman–Crippen MR) is 83.2 cm³/mol. The Bertz CT molecular complexity index is 807. The Labute approximate surface area is 145 Å². The lowest BCUT2D eigenvalue weighted by atomic mass is 10.0. The molecule has 2 aromatic carbocycles. The van der Waals surface area contributed by atoms with Gasteiger partial charge >= 0.3 is 12.5 Å². The highest BCUT2D eigenvalue weighted by Crippen LogP contribution is 2.31. The highest BCUT2D eigenvalue weighted by Gasteiger charge is 2.32. The first-order valence-corrected chi connectivity index (χ1v) is 7.51. The number of rotatable bonds is 4. The van der Waals surface area contributed by atoms with Gasteiger partial charge in [0.25, 0.3) is 0 Å². The Morgan fingerprint density at radius 2 is 1.88 bits per heavy atom. The number of aliphatic hydroxyl groups excluding tert-OH is 1. The number of halogens is 4. The van der Waals surface area contributed by atoms with Crippen molar-refractivity contribution in [2.24, 2.45) is 0 Å². The van der Waals surface area contributed by atoms with E-state index in [9.17, 15) is 22.4 Å². The molecule has 0 saturated carbocycles. The van der Waals surface area contributed by atoms with E-state index in [1.165, 1.54) is 29.2 Å². The van der Waals surface area contributed by atoms with Crippen molar-refractivity contribution >= 4 is 11.8 Å². The summed E-state index contributed by atoms with van der Waals surface area (Å²) in [6.45, 7) is -0.243. The van der Waals surface area contributed by atoms with E-state index < -0.39 is 30.1 Å². The molecule has 1 saturated heterocycles. The number of carbonyl (C=O) groups is 1. The Hall–Kier alpha value is -2.81. The van der Waals surface area contributed by atoms with Gasteiger partial charge in [-0.25, -0.2) is 9.18 Å². The summed E-state index contributed by atoms with van der Waals surface area (Å²) in [5.41, 5.74) is 0.753. The van der Waals surface area contributed by atoms with E-state index in [1.54, 1.807) is 0 Å². The number of benzene rings is 2. The Kier molecular flexibility index (Phi) is 4.73. The van der Waals surface area contributed by atoms with E-state index in [0.717, 1.165) is 18.2 Å². The minimum Gasteiger partial charge on any atom is -0.441 e. The van der Waals surface area contributed by atoms with Crippen LogP contribution in [0, 0.1) is 5.82 Å². The summed E-state index contributed by atoms with van der Waals surface area (Å²) in [5, 5.41) is 9.03. The lowest BCUT2D eigenvalue weighted by molar-refractivity contribution is -0.274. The van der Waals surface area contributed by atoms with Gasteiger partial charge in [-0.15, -0.1) is 13.2 Å². The molecule has 1 heterocycles. The predicted octanol–water partition coefficient (Wildman–Crippen LogP) is 3.71. The molecular weight excluding hydrogens is 358 g/mol. The Balaban J connectivity index is 1.81. The number of hydrogen-bond donors (Lipinski definition) is 1. The third-order valence-electron chi connectivity index (χ3n) is 3.74. The van der Waals surface area contributed by atoms with Crippen LogP contribution < -0.4 is 9.64 Å². The zero-order valence-corrected chi connectivity index (χ0v) is 13.2. The molecule has 5 nitrogen and oxygen atoms in total. The van der Waals surface area contributed by atoms with Crippen molar-refractivity contribution < 1.29 is 36.9 Å². The molecule has 0 bridgehead atoms. The molecule has 0 aliphatic carbocycles. The molecule has 1 amide bonds. The number of cyclic esters (lactones) is 1. The van der Waals surface area contributed by atoms with Gasteiger partial charge in [0.2, 0.25) is 0 Å². The van der Waals surface area contributed by atoms with Crippen LogP contribution in [-0.2, 0) is 4.74 Å². The average Bonchev–Trinajstić information content (AvgIpc) is 2.95. The maximum Gasteiger partial charge on any atom is 0.573 e. The van der Waals surface area contributed by atoms with Crippen molar-refractivity contribution in [3.8, 4) is 16.9 Å². The molecule has 1 fully saturated rings. The summed E-state index contributed by atoms with van der Waals surface area (Å²) in [7, 11) is 0. The number of alkyl halides is 3. The normalized spacial score (nSPS) is 17.3. The molecule has 1 atom stereocenters. The average molecular weight is 371 g/mol.